The van der Waals surface area contributed by atoms with Crippen LogP contribution in [-0.4, -0.2) is 19.8 Å². The second-order valence-electron chi connectivity index (χ2n) is 3.03. The van der Waals surface area contributed by atoms with E-state index in [0.29, 0.717) is 0 Å². The summed E-state index contributed by atoms with van der Waals surface area (Å²) in [4.78, 5) is -0.703. The maximum absolute atomic E-state index is 12.4. The van der Waals surface area contributed by atoms with E-state index >= 15 is 0 Å². The van der Waals surface area contributed by atoms with E-state index in [1.807, 2.05) is 0 Å². The van der Waals surface area contributed by atoms with Gasteiger partial charge in [0.05, 0.1) is 16.0 Å². The highest BCUT2D eigenvalue weighted by Crippen LogP contribution is 2.32. The number of hydrogen-bond acceptors (Lipinski definition) is 3. The van der Waals surface area contributed by atoms with Crippen molar-refractivity contribution in [3.63, 3.8) is 0 Å². The van der Waals surface area contributed by atoms with Crippen molar-refractivity contribution < 1.29 is 21.6 Å². The van der Waals surface area contributed by atoms with Gasteiger partial charge in [-0.1, -0.05) is 23.7 Å². The van der Waals surface area contributed by atoms with Crippen molar-refractivity contribution in [3.8, 4) is 6.07 Å². The quantitative estimate of drug-likeness (QED) is 0.838. The maximum Gasteiger partial charge on any atom is 0.418 e. The number of halogens is 4. The number of sulfone groups is 1. The van der Waals surface area contributed by atoms with Gasteiger partial charge in [-0.15, -0.1) is 0 Å². The highest BCUT2D eigenvalue weighted by Gasteiger charge is 2.50. The number of hydrogen-bond donors (Lipinski definition) is 0. The summed E-state index contributed by atoms with van der Waals surface area (Å²) >= 11 is 5.50. The van der Waals surface area contributed by atoms with E-state index in [-0.39, 0.29) is 5.02 Å². The first-order chi connectivity index (χ1) is 7.71. The van der Waals surface area contributed by atoms with Gasteiger partial charge in [0.2, 0.25) is 15.1 Å². The molecule has 1 rings (SSSR count). The third-order valence-electron chi connectivity index (χ3n) is 1.87. The first-order valence-electron chi connectivity index (χ1n) is 4.16. The van der Waals surface area contributed by atoms with Crippen LogP contribution in [0.2, 0.25) is 5.02 Å². The Balaban J connectivity index is 3.40. The zero-order valence-corrected chi connectivity index (χ0v) is 9.64. The highest BCUT2D eigenvalue weighted by atomic mass is 35.5. The zero-order valence-electron chi connectivity index (χ0n) is 8.07. The van der Waals surface area contributed by atoms with Gasteiger partial charge < -0.3 is 0 Å². The molecule has 0 saturated carbocycles. The Hall–Kier alpha value is -1.26. The number of benzene rings is 1. The Morgan fingerprint density at radius 2 is 1.82 bits per heavy atom. The third kappa shape index (κ3) is 2.70. The van der Waals surface area contributed by atoms with E-state index in [2.05, 4.69) is 0 Å². The molecule has 92 valence electrons. The van der Waals surface area contributed by atoms with Crippen LogP contribution in [0.1, 0.15) is 0 Å². The molecule has 1 aromatic rings. The lowest BCUT2D eigenvalue weighted by atomic mass is 10.4. The topological polar surface area (TPSA) is 57.9 Å². The molecule has 0 amide bonds. The number of nitriles is 1. The first-order valence-corrected chi connectivity index (χ1v) is 6.08. The predicted octanol–water partition coefficient (Wildman–Crippen LogP) is 2.57. The SMILES string of the molecule is N#CC(C(F)(F)F)S(=O)(=O)c1ccccc1Cl. The summed E-state index contributed by atoms with van der Waals surface area (Å²) in [5.41, 5.74) is 0. The molecule has 0 N–H and O–H groups in total. The van der Waals surface area contributed by atoms with E-state index in [1.165, 1.54) is 12.1 Å². The molecular weight excluding hydrogens is 279 g/mol. The van der Waals surface area contributed by atoms with Crippen molar-refractivity contribution in [2.24, 2.45) is 0 Å². The van der Waals surface area contributed by atoms with E-state index in [1.54, 1.807) is 0 Å². The van der Waals surface area contributed by atoms with Crippen molar-refractivity contribution in [1.29, 1.82) is 5.26 Å². The summed E-state index contributed by atoms with van der Waals surface area (Å²) < 4.78 is 60.4. The van der Waals surface area contributed by atoms with Gasteiger partial charge in [-0.3, -0.25) is 0 Å². The van der Waals surface area contributed by atoms with Gasteiger partial charge in [-0.25, -0.2) is 8.42 Å². The fraction of sp³-hybridized carbons (Fsp3) is 0.222. The van der Waals surface area contributed by atoms with E-state index in [4.69, 9.17) is 16.9 Å². The Bertz CT molecular complexity index is 562. The second-order valence-corrected chi connectivity index (χ2v) is 5.43. The summed E-state index contributed by atoms with van der Waals surface area (Å²) in [7, 11) is -4.86. The summed E-state index contributed by atoms with van der Waals surface area (Å²) in [5.74, 6) is 0. The minimum absolute atomic E-state index is 0.350. The maximum atomic E-state index is 12.4. The van der Waals surface area contributed by atoms with Crippen LogP contribution in [0, 0.1) is 11.3 Å². The Kier molecular flexibility index (Phi) is 3.69. The van der Waals surface area contributed by atoms with Gasteiger partial charge in [0.15, 0.2) is 0 Å². The molecule has 0 saturated heterocycles. The fourth-order valence-electron chi connectivity index (χ4n) is 1.12. The van der Waals surface area contributed by atoms with Crippen LogP contribution in [0.25, 0.3) is 0 Å². The van der Waals surface area contributed by atoms with Crippen molar-refractivity contribution in [2.45, 2.75) is 16.3 Å². The predicted molar refractivity (Wildman–Crippen MR) is 54.1 cm³/mol. The van der Waals surface area contributed by atoms with Gasteiger partial charge in [-0.05, 0) is 12.1 Å². The molecule has 0 heterocycles. The molecule has 0 aliphatic carbocycles. The van der Waals surface area contributed by atoms with Crippen LogP contribution in [0.3, 0.4) is 0 Å². The molecule has 8 heteroatoms. The van der Waals surface area contributed by atoms with Gasteiger partial charge in [-0.2, -0.15) is 18.4 Å². The Morgan fingerprint density at radius 3 is 2.24 bits per heavy atom. The molecule has 3 nitrogen and oxygen atoms in total. The molecule has 0 radical (unpaired) electrons. The van der Waals surface area contributed by atoms with Gasteiger partial charge in [0.25, 0.3) is 0 Å². The molecule has 1 unspecified atom stereocenters. The lowest BCUT2D eigenvalue weighted by Crippen LogP contribution is -2.35. The van der Waals surface area contributed by atoms with E-state index in [0.717, 1.165) is 18.2 Å². The molecule has 1 aromatic carbocycles. The minimum atomic E-state index is -5.16. The lowest BCUT2D eigenvalue weighted by Gasteiger charge is -2.14. The summed E-state index contributed by atoms with van der Waals surface area (Å²) in [5, 5.41) is 4.89. The van der Waals surface area contributed by atoms with Crippen molar-refractivity contribution in [1.82, 2.24) is 0 Å². The fourth-order valence-corrected chi connectivity index (χ4v) is 2.93. The molecule has 1 atom stereocenters. The van der Waals surface area contributed by atoms with Crippen LogP contribution in [-0.2, 0) is 9.84 Å². The molecule has 0 spiro atoms. The molecule has 0 aromatic heterocycles. The lowest BCUT2D eigenvalue weighted by molar-refractivity contribution is -0.120. The zero-order chi connectivity index (χ0) is 13.3. The monoisotopic (exact) mass is 283 g/mol. The van der Waals surface area contributed by atoms with E-state index < -0.39 is 26.2 Å². The number of rotatable bonds is 2. The third-order valence-corrected chi connectivity index (χ3v) is 4.27. The molecule has 0 aliphatic rings. The Morgan fingerprint density at radius 1 is 1.29 bits per heavy atom. The molecule has 0 aliphatic heterocycles. The van der Waals surface area contributed by atoms with Crippen LogP contribution in [0.4, 0.5) is 13.2 Å². The van der Waals surface area contributed by atoms with Gasteiger partial charge in [0, 0.05) is 0 Å². The summed E-state index contributed by atoms with van der Waals surface area (Å²) in [6, 6.07) is 5.40. The second kappa shape index (κ2) is 4.55. The van der Waals surface area contributed by atoms with Gasteiger partial charge >= 0.3 is 6.18 Å². The standard InChI is InChI=1S/C9H5ClF3NO2S/c10-6-3-1-2-4-7(6)17(15,16)8(5-14)9(11,12)13/h1-4,8H. The normalized spacial score (nSPS) is 14.1. The van der Waals surface area contributed by atoms with Crippen molar-refractivity contribution in [2.75, 3.05) is 0 Å². The summed E-state index contributed by atoms with van der Waals surface area (Å²) in [6.45, 7) is 0. The van der Waals surface area contributed by atoms with Crippen LogP contribution >= 0.6 is 11.6 Å². The smallest absolute Gasteiger partial charge is 0.222 e. The largest absolute Gasteiger partial charge is 0.418 e. The molecular formula is C9H5ClF3NO2S. The first kappa shape index (κ1) is 13.8. The van der Waals surface area contributed by atoms with Crippen molar-refractivity contribution in [3.05, 3.63) is 29.3 Å². The average molecular weight is 284 g/mol. The molecule has 17 heavy (non-hydrogen) atoms. The summed E-state index contributed by atoms with van der Waals surface area (Å²) in [6.07, 6.45) is -5.16. The van der Waals surface area contributed by atoms with Crippen LogP contribution < -0.4 is 0 Å². The number of nitrogens with zero attached hydrogens (tertiary/aromatic N) is 1. The van der Waals surface area contributed by atoms with E-state index in [9.17, 15) is 21.6 Å². The average Bonchev–Trinajstić information content (AvgIpc) is 2.16. The highest BCUT2D eigenvalue weighted by molar-refractivity contribution is 7.92. The van der Waals surface area contributed by atoms with Crippen LogP contribution in [0.15, 0.2) is 29.2 Å². The molecule has 0 fully saturated rings. The van der Waals surface area contributed by atoms with Gasteiger partial charge in [0.1, 0.15) is 0 Å². The molecule has 0 bridgehead atoms. The van der Waals surface area contributed by atoms with Crippen LogP contribution in [0.5, 0.6) is 0 Å². The minimum Gasteiger partial charge on any atom is -0.222 e. The Labute approximate surface area is 100 Å². The van der Waals surface area contributed by atoms with Crippen molar-refractivity contribution >= 4 is 21.4 Å². The number of alkyl halides is 3.